The number of alkyl halides is 1. The molecule has 0 spiro atoms. The van der Waals surface area contributed by atoms with Gasteiger partial charge in [-0.25, -0.2) is 27.0 Å². The Morgan fingerprint density at radius 3 is 2.49 bits per heavy atom. The first-order chi connectivity index (χ1) is 16.5. The van der Waals surface area contributed by atoms with Crippen molar-refractivity contribution in [2.45, 2.75) is 24.6 Å². The van der Waals surface area contributed by atoms with Gasteiger partial charge in [-0.05, 0) is 41.8 Å². The summed E-state index contributed by atoms with van der Waals surface area (Å²) >= 11 is 0. The lowest BCUT2D eigenvalue weighted by Gasteiger charge is -2.45. The van der Waals surface area contributed by atoms with E-state index in [0.717, 1.165) is 24.3 Å². The Labute approximate surface area is 200 Å². The van der Waals surface area contributed by atoms with Crippen molar-refractivity contribution in [1.82, 2.24) is 14.3 Å². The van der Waals surface area contributed by atoms with Gasteiger partial charge in [0.15, 0.2) is 0 Å². The molecule has 2 fully saturated rings. The first-order valence-electron chi connectivity index (χ1n) is 10.9. The highest BCUT2D eigenvalue weighted by Gasteiger charge is 2.64. The standard InChI is InChI=1S/C23H25F4N3O4S/c1-28-35(32,33)29-10-20-19(27)11-30(20)22(31)23(12-34-2)9-16(23)14-7-6-13(24)8-15(14)21-17(25)4-3-5-18(21)26/h3-8,16,19-20,28-29H,9-12H2,1-2H3/t16-,19-,20-,23-/m1/s1. The van der Waals surface area contributed by atoms with Crippen LogP contribution in [0, 0.1) is 22.9 Å². The minimum atomic E-state index is -3.83. The van der Waals surface area contributed by atoms with Gasteiger partial charge in [-0.1, -0.05) is 12.1 Å². The van der Waals surface area contributed by atoms with Gasteiger partial charge in [0.25, 0.3) is 10.2 Å². The third-order valence-corrected chi connectivity index (χ3v) is 7.81. The molecule has 1 aliphatic carbocycles. The molecule has 4 rings (SSSR count). The summed E-state index contributed by atoms with van der Waals surface area (Å²) in [6, 6.07) is 5.86. The van der Waals surface area contributed by atoms with Gasteiger partial charge in [-0.15, -0.1) is 0 Å². The number of benzene rings is 2. The molecule has 7 nitrogen and oxygen atoms in total. The van der Waals surface area contributed by atoms with Gasteiger partial charge in [-0.2, -0.15) is 8.42 Å². The van der Waals surface area contributed by atoms with E-state index in [9.17, 15) is 30.8 Å². The first-order valence-corrected chi connectivity index (χ1v) is 12.4. The Hall–Kier alpha value is -2.54. The maximum Gasteiger partial charge on any atom is 0.276 e. The van der Waals surface area contributed by atoms with Gasteiger partial charge >= 0.3 is 0 Å². The number of likely N-dealkylation sites (tertiary alicyclic amines) is 1. The molecule has 4 atom stereocenters. The fourth-order valence-electron chi connectivity index (χ4n) is 4.76. The fraction of sp³-hybridized carbons (Fsp3) is 0.435. The molecular formula is C23H25F4N3O4S. The lowest BCUT2D eigenvalue weighted by atomic mass is 9.89. The molecule has 0 aromatic heterocycles. The summed E-state index contributed by atoms with van der Waals surface area (Å²) in [6.45, 7) is -0.608. The summed E-state index contributed by atoms with van der Waals surface area (Å²) in [5.74, 6) is -3.48. The third-order valence-electron chi connectivity index (χ3n) is 6.73. The number of rotatable bonds is 9. The molecule has 35 heavy (non-hydrogen) atoms. The number of halogens is 4. The largest absolute Gasteiger partial charge is 0.384 e. The molecule has 2 aliphatic rings. The smallest absolute Gasteiger partial charge is 0.276 e. The molecule has 190 valence electrons. The van der Waals surface area contributed by atoms with Crippen molar-refractivity contribution < 1.29 is 35.5 Å². The second-order valence-electron chi connectivity index (χ2n) is 8.77. The fourth-order valence-corrected chi connectivity index (χ4v) is 5.29. The molecule has 0 bridgehead atoms. The number of hydrogen-bond acceptors (Lipinski definition) is 4. The molecule has 0 unspecified atom stereocenters. The van der Waals surface area contributed by atoms with Gasteiger partial charge < -0.3 is 9.64 Å². The lowest BCUT2D eigenvalue weighted by Crippen LogP contribution is -2.66. The minimum Gasteiger partial charge on any atom is -0.384 e. The van der Waals surface area contributed by atoms with Gasteiger partial charge in [0.05, 0.1) is 30.2 Å². The molecule has 1 saturated carbocycles. The van der Waals surface area contributed by atoms with Crippen LogP contribution in [0.25, 0.3) is 11.1 Å². The molecular weight excluding hydrogens is 490 g/mol. The van der Waals surface area contributed by atoms with E-state index in [1.54, 1.807) is 0 Å². The Kier molecular flexibility index (Phi) is 6.93. The van der Waals surface area contributed by atoms with Crippen LogP contribution in [-0.2, 0) is 19.7 Å². The maximum absolute atomic E-state index is 14.6. The molecule has 1 heterocycles. The predicted molar refractivity (Wildman–Crippen MR) is 120 cm³/mol. The second-order valence-corrected chi connectivity index (χ2v) is 10.5. The number of amides is 1. The first kappa shape index (κ1) is 25.5. The van der Waals surface area contributed by atoms with Gasteiger partial charge in [-0.3, -0.25) is 4.79 Å². The van der Waals surface area contributed by atoms with Crippen LogP contribution < -0.4 is 9.44 Å². The zero-order chi connectivity index (χ0) is 25.5. The number of carbonyl (C=O) groups is 1. The van der Waals surface area contributed by atoms with Crippen molar-refractivity contribution >= 4 is 16.1 Å². The zero-order valence-electron chi connectivity index (χ0n) is 19.0. The van der Waals surface area contributed by atoms with Gasteiger partial charge in [0.2, 0.25) is 5.91 Å². The van der Waals surface area contributed by atoms with E-state index in [1.807, 2.05) is 0 Å². The van der Waals surface area contributed by atoms with E-state index >= 15 is 0 Å². The highest BCUT2D eigenvalue weighted by atomic mass is 32.2. The Morgan fingerprint density at radius 2 is 1.89 bits per heavy atom. The molecule has 2 aromatic rings. The monoisotopic (exact) mass is 515 g/mol. The molecule has 2 N–H and O–H groups in total. The number of nitrogens with one attached hydrogen (secondary N) is 2. The Morgan fingerprint density at radius 1 is 1.20 bits per heavy atom. The van der Waals surface area contributed by atoms with E-state index in [4.69, 9.17) is 4.74 Å². The van der Waals surface area contributed by atoms with Crippen LogP contribution in [0.1, 0.15) is 17.9 Å². The van der Waals surface area contributed by atoms with Crippen LogP contribution in [0.5, 0.6) is 0 Å². The van der Waals surface area contributed by atoms with E-state index in [2.05, 4.69) is 9.44 Å². The quantitative estimate of drug-likeness (QED) is 0.503. The minimum absolute atomic E-state index is 0.0123. The summed E-state index contributed by atoms with van der Waals surface area (Å²) < 4.78 is 90.4. The van der Waals surface area contributed by atoms with Crippen molar-refractivity contribution in [3.05, 3.63) is 59.4 Å². The van der Waals surface area contributed by atoms with Crippen LogP contribution >= 0.6 is 0 Å². The summed E-state index contributed by atoms with van der Waals surface area (Å²) in [7, 11) is -1.25. The molecule has 12 heteroatoms. The van der Waals surface area contributed by atoms with Crippen molar-refractivity contribution in [3.8, 4) is 11.1 Å². The lowest BCUT2D eigenvalue weighted by molar-refractivity contribution is -0.153. The van der Waals surface area contributed by atoms with E-state index in [0.29, 0.717) is 5.56 Å². The van der Waals surface area contributed by atoms with E-state index in [-0.39, 0.29) is 31.7 Å². The number of hydrogen-bond donors (Lipinski definition) is 2. The summed E-state index contributed by atoms with van der Waals surface area (Å²) in [4.78, 5) is 14.8. The van der Waals surface area contributed by atoms with Crippen LogP contribution in [0.2, 0.25) is 0 Å². The molecule has 1 aliphatic heterocycles. The van der Waals surface area contributed by atoms with Crippen LogP contribution in [0.3, 0.4) is 0 Å². The zero-order valence-corrected chi connectivity index (χ0v) is 19.8. The van der Waals surface area contributed by atoms with Gasteiger partial charge in [0, 0.05) is 26.6 Å². The van der Waals surface area contributed by atoms with Crippen LogP contribution in [0.4, 0.5) is 17.6 Å². The van der Waals surface area contributed by atoms with Crippen molar-refractivity contribution in [1.29, 1.82) is 0 Å². The van der Waals surface area contributed by atoms with Crippen molar-refractivity contribution in [3.63, 3.8) is 0 Å². The topological polar surface area (TPSA) is 87.7 Å². The molecule has 1 saturated heterocycles. The summed E-state index contributed by atoms with van der Waals surface area (Å²) in [5.41, 5.74) is -1.21. The number of ether oxygens (including phenoxy) is 1. The highest BCUT2D eigenvalue weighted by Crippen LogP contribution is 2.62. The molecule has 0 radical (unpaired) electrons. The maximum atomic E-state index is 14.6. The normalized spacial score (nSPS) is 25.9. The number of nitrogens with zero attached hydrogens (tertiary/aromatic N) is 1. The summed E-state index contributed by atoms with van der Waals surface area (Å²) in [5, 5.41) is 0. The average molecular weight is 516 g/mol. The van der Waals surface area contributed by atoms with Gasteiger partial charge in [0.1, 0.15) is 23.6 Å². The van der Waals surface area contributed by atoms with E-state index < -0.39 is 62.7 Å². The number of methoxy groups -OCH3 is 1. The van der Waals surface area contributed by atoms with Crippen LogP contribution in [0.15, 0.2) is 36.4 Å². The number of carbonyl (C=O) groups excluding carboxylic acids is 1. The average Bonchev–Trinajstić information content (AvgIpc) is 3.52. The van der Waals surface area contributed by atoms with Crippen molar-refractivity contribution in [2.24, 2.45) is 5.41 Å². The predicted octanol–water partition coefficient (Wildman–Crippen LogP) is 2.49. The molecule has 1 amide bonds. The molecule has 2 aromatic carbocycles. The van der Waals surface area contributed by atoms with Crippen LogP contribution in [-0.4, -0.2) is 65.3 Å². The Bertz CT molecular complexity index is 1230. The summed E-state index contributed by atoms with van der Waals surface area (Å²) in [6.07, 6.45) is -1.19. The Balaban J connectivity index is 1.65. The SMILES string of the molecule is CNS(=O)(=O)NC[C@@H]1[C@H](F)CN1C(=O)[C@@]1(COC)C[C@@H]1c1ccc(F)cc1-c1c(F)cccc1F. The van der Waals surface area contributed by atoms with E-state index in [1.165, 1.54) is 31.2 Å². The highest BCUT2D eigenvalue weighted by molar-refractivity contribution is 7.87. The van der Waals surface area contributed by atoms with Crippen molar-refractivity contribution in [2.75, 3.05) is 33.9 Å². The second kappa shape index (κ2) is 9.49. The third kappa shape index (κ3) is 4.67.